The first-order chi connectivity index (χ1) is 7.30. The van der Waals surface area contributed by atoms with Crippen LogP contribution in [0.3, 0.4) is 0 Å². The molecule has 0 aromatic rings. The molecule has 0 heterocycles. The van der Waals surface area contributed by atoms with Gasteiger partial charge in [-0.25, -0.2) is 0 Å². The average Bonchev–Trinajstić information content (AvgIpc) is 2.63. The fourth-order valence-corrected chi connectivity index (χ4v) is 5.94. The number of fused-ring (bicyclic) bond motifs is 1. The second kappa shape index (κ2) is 5.25. The molecule has 0 aliphatic heterocycles. The second-order valence-electron chi connectivity index (χ2n) is 7.58. The zero-order valence-corrected chi connectivity index (χ0v) is 16.9. The van der Waals surface area contributed by atoms with Gasteiger partial charge in [0, 0.05) is 0 Å². The monoisotopic (exact) mass is 286 g/mol. The van der Waals surface area contributed by atoms with Crippen LogP contribution in [-0.2, 0) is 0 Å². The summed E-state index contributed by atoms with van der Waals surface area (Å²) in [4.78, 5) is 0. The van der Waals surface area contributed by atoms with Crippen molar-refractivity contribution in [2.24, 2.45) is 22.2 Å². The molecule has 1 N–H and O–H groups in total. The van der Waals surface area contributed by atoms with Crippen molar-refractivity contribution in [3.63, 3.8) is 0 Å². The Morgan fingerprint density at radius 1 is 1.17 bits per heavy atom. The summed E-state index contributed by atoms with van der Waals surface area (Å²) in [6, 6.07) is 0. The molecular formula is C15H24AlKO. The van der Waals surface area contributed by atoms with Gasteiger partial charge in [-0.05, 0) is 41.4 Å². The van der Waals surface area contributed by atoms with Gasteiger partial charge in [-0.3, -0.25) is 0 Å². The van der Waals surface area contributed by atoms with Crippen molar-refractivity contribution in [1.82, 2.24) is 0 Å². The normalized spacial score (nSPS) is 42.3. The van der Waals surface area contributed by atoms with Gasteiger partial charge in [-0.15, -0.1) is 0 Å². The summed E-state index contributed by atoms with van der Waals surface area (Å²) in [6.07, 6.45) is 8.35. The predicted molar refractivity (Wildman–Crippen MR) is 71.5 cm³/mol. The van der Waals surface area contributed by atoms with Gasteiger partial charge in [0.15, 0.2) is 0 Å². The summed E-state index contributed by atoms with van der Waals surface area (Å²) in [5.41, 5.74) is 3.36. The van der Waals surface area contributed by atoms with Crippen molar-refractivity contribution in [1.29, 1.82) is 0 Å². The average molecular weight is 286 g/mol. The molecule has 0 aromatic carbocycles. The second-order valence-corrected chi connectivity index (χ2v) is 8.43. The summed E-state index contributed by atoms with van der Waals surface area (Å²) < 4.78 is 0.703. The number of hydrogen-bond acceptors (Lipinski definition) is 1. The summed E-state index contributed by atoms with van der Waals surface area (Å²) >= 11 is 3.05. The van der Waals surface area contributed by atoms with Crippen LogP contribution in [0.2, 0.25) is 4.78 Å². The molecule has 3 aliphatic rings. The van der Waals surface area contributed by atoms with Crippen molar-refractivity contribution in [2.45, 2.75) is 58.2 Å². The first-order valence-electron chi connectivity index (χ1n) is 6.78. The maximum absolute atomic E-state index is 3.05. The molecule has 0 saturated heterocycles. The van der Waals surface area contributed by atoms with E-state index >= 15 is 0 Å². The Morgan fingerprint density at radius 3 is 2.39 bits per heavy atom. The SMILES string of the molecule is CC1(C)C2=C[CH]([Al])CC(C)(C)C23CCC1C3.[K+].[OH-]. The van der Waals surface area contributed by atoms with E-state index < -0.39 is 0 Å². The topological polar surface area (TPSA) is 30.0 Å². The van der Waals surface area contributed by atoms with Gasteiger partial charge < -0.3 is 5.48 Å². The third-order valence-corrected chi connectivity index (χ3v) is 6.60. The maximum atomic E-state index is 3.05. The largest absolute Gasteiger partial charge is 1.00 e. The van der Waals surface area contributed by atoms with E-state index in [4.69, 9.17) is 0 Å². The molecule has 2 fully saturated rings. The third-order valence-electron chi connectivity index (χ3n) is 6.17. The van der Waals surface area contributed by atoms with E-state index in [1.165, 1.54) is 25.7 Å². The Labute approximate surface area is 163 Å². The molecule has 1 nitrogen and oxygen atoms in total. The van der Waals surface area contributed by atoms with Crippen LogP contribution in [0.15, 0.2) is 11.6 Å². The Morgan fingerprint density at radius 2 is 1.78 bits per heavy atom. The first kappa shape index (κ1) is 17.9. The van der Waals surface area contributed by atoms with Crippen molar-refractivity contribution in [3.8, 4) is 0 Å². The molecule has 94 valence electrons. The molecule has 0 aromatic heterocycles. The Hall–Kier alpha value is 1.87. The fraction of sp³-hybridized carbons (Fsp3) is 0.867. The van der Waals surface area contributed by atoms with E-state index in [0.717, 1.165) is 5.92 Å². The Balaban J connectivity index is 0.000000810. The minimum Gasteiger partial charge on any atom is -0.870 e. The molecule has 2 radical (unpaired) electrons. The van der Waals surface area contributed by atoms with Crippen LogP contribution in [0.5, 0.6) is 0 Å². The van der Waals surface area contributed by atoms with Crippen molar-refractivity contribution < 1.29 is 56.9 Å². The van der Waals surface area contributed by atoms with Crippen molar-refractivity contribution in [3.05, 3.63) is 11.6 Å². The Bertz CT molecular complexity index is 375. The van der Waals surface area contributed by atoms with Crippen molar-refractivity contribution >= 4 is 16.3 Å². The van der Waals surface area contributed by atoms with E-state index in [1.807, 2.05) is 5.57 Å². The molecule has 3 aliphatic carbocycles. The molecule has 0 amide bonds. The van der Waals surface area contributed by atoms with E-state index in [9.17, 15) is 0 Å². The zero-order chi connectivity index (χ0) is 11.8. The molecular weight excluding hydrogens is 262 g/mol. The molecule has 3 atom stereocenters. The van der Waals surface area contributed by atoms with Crippen LogP contribution in [-0.4, -0.2) is 21.8 Å². The smallest absolute Gasteiger partial charge is 0.870 e. The van der Waals surface area contributed by atoms with Crippen molar-refractivity contribution in [2.75, 3.05) is 0 Å². The van der Waals surface area contributed by atoms with Gasteiger partial charge in [-0.1, -0.05) is 50.5 Å². The van der Waals surface area contributed by atoms with Gasteiger partial charge in [0.05, 0.1) is 0 Å². The first-order valence-corrected chi connectivity index (χ1v) is 7.45. The minimum absolute atomic E-state index is 0. The van der Waals surface area contributed by atoms with Gasteiger partial charge >= 0.3 is 51.4 Å². The van der Waals surface area contributed by atoms with Crippen LogP contribution >= 0.6 is 0 Å². The maximum Gasteiger partial charge on any atom is 1.00 e. The third kappa shape index (κ3) is 2.13. The molecule has 1 spiro atoms. The summed E-state index contributed by atoms with van der Waals surface area (Å²) in [6.45, 7) is 10.0. The molecule has 2 bridgehead atoms. The van der Waals surface area contributed by atoms with Gasteiger partial charge in [0.25, 0.3) is 0 Å². The summed E-state index contributed by atoms with van der Waals surface area (Å²) in [5.74, 6) is 0.952. The molecule has 3 unspecified atom stereocenters. The Kier molecular flexibility index (Phi) is 5.23. The van der Waals surface area contributed by atoms with E-state index in [0.29, 0.717) is 21.0 Å². The van der Waals surface area contributed by atoms with Gasteiger partial charge in [0.2, 0.25) is 0 Å². The molecule has 18 heavy (non-hydrogen) atoms. The minimum atomic E-state index is 0. The standard InChI is InChI=1S/C15H23.Al.K.H2O/c1-13(2)8-5-6-12-14(3,4)11-7-9-15(12,13)10-11;;;/h5-6,11H,7-10H2,1-4H3;;;1H2/q;;+1;/p-1. The van der Waals surface area contributed by atoms with Gasteiger partial charge in [-0.2, -0.15) is 0 Å². The predicted octanol–water partition coefficient (Wildman–Crippen LogP) is 0.953. The fourth-order valence-electron chi connectivity index (χ4n) is 5.15. The van der Waals surface area contributed by atoms with Crippen LogP contribution in [0.25, 0.3) is 0 Å². The summed E-state index contributed by atoms with van der Waals surface area (Å²) in [5, 5.41) is 0. The van der Waals surface area contributed by atoms with E-state index in [-0.39, 0.29) is 56.9 Å². The molecule has 2 saturated carbocycles. The van der Waals surface area contributed by atoms with Crippen LogP contribution in [0.4, 0.5) is 0 Å². The van der Waals surface area contributed by atoms with Gasteiger partial charge in [0.1, 0.15) is 16.3 Å². The molecule has 3 heteroatoms. The van der Waals surface area contributed by atoms with Crippen LogP contribution in [0, 0.1) is 22.2 Å². The number of hydrogen-bond donors (Lipinski definition) is 0. The number of allylic oxidation sites excluding steroid dienone is 2. The quantitative estimate of drug-likeness (QED) is 0.482. The van der Waals surface area contributed by atoms with E-state index in [1.54, 1.807) is 0 Å². The zero-order valence-electron chi connectivity index (χ0n) is 12.6. The summed E-state index contributed by atoms with van der Waals surface area (Å²) in [7, 11) is 0. The van der Waals surface area contributed by atoms with E-state index in [2.05, 4.69) is 50.1 Å². The molecule has 3 rings (SSSR count). The van der Waals surface area contributed by atoms with Crippen LogP contribution < -0.4 is 51.4 Å². The van der Waals surface area contributed by atoms with Crippen LogP contribution in [0.1, 0.15) is 53.4 Å². The number of rotatable bonds is 0.